The molecule has 0 saturated heterocycles. The largest absolute Gasteiger partial charge is 0.406 e. The summed E-state index contributed by atoms with van der Waals surface area (Å²) in [5, 5.41) is 4.00. The highest BCUT2D eigenvalue weighted by atomic mass is 19.4. The molecule has 2 rings (SSSR count). The van der Waals surface area contributed by atoms with E-state index in [1.165, 1.54) is 4.52 Å². The van der Waals surface area contributed by atoms with Crippen LogP contribution in [0.25, 0.3) is 5.78 Å². The Labute approximate surface area is 131 Å². The Balaban J connectivity index is 2.33. The van der Waals surface area contributed by atoms with E-state index in [1.54, 1.807) is 19.9 Å². The van der Waals surface area contributed by atoms with Gasteiger partial charge >= 0.3 is 6.18 Å². The van der Waals surface area contributed by atoms with Gasteiger partial charge in [0.15, 0.2) is 0 Å². The van der Waals surface area contributed by atoms with E-state index >= 15 is 0 Å². The molecule has 0 spiro atoms. The van der Waals surface area contributed by atoms with Crippen LogP contribution in [-0.2, 0) is 0 Å². The molecule has 126 valence electrons. The van der Waals surface area contributed by atoms with Gasteiger partial charge in [-0.2, -0.15) is 18.2 Å². The lowest BCUT2D eigenvalue weighted by Crippen LogP contribution is -2.40. The quantitative estimate of drug-likeness (QED) is 0.846. The average Bonchev–Trinajstić information content (AvgIpc) is 2.85. The number of carbonyl (C=O) groups is 1. The van der Waals surface area contributed by atoms with Gasteiger partial charge in [0.25, 0.3) is 11.7 Å². The number of halogens is 3. The number of aromatic nitrogens is 4. The van der Waals surface area contributed by atoms with Gasteiger partial charge in [-0.3, -0.25) is 4.79 Å². The number of unbranched alkanes of at least 4 members (excludes halogenated alkanes) is 1. The fourth-order valence-corrected chi connectivity index (χ4v) is 2.22. The van der Waals surface area contributed by atoms with Crippen molar-refractivity contribution in [3.8, 4) is 0 Å². The number of hydrogen-bond acceptors (Lipinski definition) is 4. The summed E-state index contributed by atoms with van der Waals surface area (Å²) in [5.41, 5.74) is 1.40. The molecule has 0 fully saturated rings. The standard InChI is InChI=1S/C14H18F3N5O/c1-4-5-6-21(8-14(15,16)17)12(23)11-19-13-18-9(2)7-10(3)22(13)20-11/h7H,4-6,8H2,1-3H3. The smallest absolute Gasteiger partial charge is 0.327 e. The van der Waals surface area contributed by atoms with Crippen LogP contribution in [-0.4, -0.2) is 49.7 Å². The molecule has 23 heavy (non-hydrogen) atoms. The van der Waals surface area contributed by atoms with Crippen LogP contribution >= 0.6 is 0 Å². The third-order valence-corrected chi connectivity index (χ3v) is 3.25. The van der Waals surface area contributed by atoms with Gasteiger partial charge in [-0.15, -0.1) is 5.10 Å². The summed E-state index contributed by atoms with van der Waals surface area (Å²) >= 11 is 0. The van der Waals surface area contributed by atoms with Crippen LogP contribution in [0.4, 0.5) is 13.2 Å². The normalized spacial score (nSPS) is 11.9. The molecule has 0 aromatic carbocycles. The third kappa shape index (κ3) is 4.17. The van der Waals surface area contributed by atoms with Gasteiger partial charge in [-0.25, -0.2) is 9.50 Å². The molecule has 0 radical (unpaired) electrons. The molecule has 1 amide bonds. The van der Waals surface area contributed by atoms with E-state index in [1.807, 2.05) is 6.92 Å². The number of fused-ring (bicyclic) bond motifs is 1. The number of alkyl halides is 3. The number of nitrogens with zero attached hydrogens (tertiary/aromatic N) is 5. The van der Waals surface area contributed by atoms with Crippen LogP contribution in [0.1, 0.15) is 41.8 Å². The number of rotatable bonds is 5. The van der Waals surface area contributed by atoms with E-state index < -0.39 is 18.6 Å². The van der Waals surface area contributed by atoms with Crippen molar-refractivity contribution in [2.45, 2.75) is 39.8 Å². The Morgan fingerprint density at radius 2 is 2.00 bits per heavy atom. The van der Waals surface area contributed by atoms with E-state index in [-0.39, 0.29) is 18.1 Å². The molecule has 0 aliphatic carbocycles. The maximum atomic E-state index is 12.7. The lowest BCUT2D eigenvalue weighted by atomic mass is 10.3. The number of aryl methyl sites for hydroxylation is 2. The van der Waals surface area contributed by atoms with E-state index in [4.69, 9.17) is 0 Å². The van der Waals surface area contributed by atoms with Crippen LogP contribution in [0.3, 0.4) is 0 Å². The average molecular weight is 329 g/mol. The summed E-state index contributed by atoms with van der Waals surface area (Å²) in [6, 6.07) is 1.75. The highest BCUT2D eigenvalue weighted by Crippen LogP contribution is 2.18. The monoisotopic (exact) mass is 329 g/mol. The van der Waals surface area contributed by atoms with Gasteiger partial charge in [0.05, 0.1) is 0 Å². The zero-order chi connectivity index (χ0) is 17.2. The molecule has 0 N–H and O–H groups in total. The van der Waals surface area contributed by atoms with Crippen LogP contribution in [0.2, 0.25) is 0 Å². The van der Waals surface area contributed by atoms with Crippen molar-refractivity contribution in [2.24, 2.45) is 0 Å². The Hall–Kier alpha value is -2.19. The zero-order valence-electron chi connectivity index (χ0n) is 13.2. The first kappa shape index (κ1) is 17.2. The first-order valence-corrected chi connectivity index (χ1v) is 7.28. The summed E-state index contributed by atoms with van der Waals surface area (Å²) in [7, 11) is 0. The maximum absolute atomic E-state index is 12.7. The second kappa shape index (κ2) is 6.51. The van der Waals surface area contributed by atoms with E-state index in [0.29, 0.717) is 24.2 Å². The molecule has 0 bridgehead atoms. The maximum Gasteiger partial charge on any atom is 0.406 e. The molecule has 0 aliphatic rings. The van der Waals surface area contributed by atoms with Gasteiger partial charge in [-0.1, -0.05) is 13.3 Å². The Kier molecular flexibility index (Phi) is 4.86. The molecule has 0 unspecified atom stereocenters. The van der Waals surface area contributed by atoms with Crippen molar-refractivity contribution >= 4 is 11.7 Å². The zero-order valence-corrected chi connectivity index (χ0v) is 13.2. The van der Waals surface area contributed by atoms with Crippen LogP contribution in [0.15, 0.2) is 6.07 Å². The topological polar surface area (TPSA) is 63.4 Å². The Bertz CT molecular complexity index is 710. The highest BCUT2D eigenvalue weighted by molar-refractivity contribution is 5.90. The number of amides is 1. The van der Waals surface area contributed by atoms with Crippen LogP contribution in [0, 0.1) is 13.8 Å². The SMILES string of the molecule is CCCCN(CC(F)(F)F)C(=O)c1nc2nc(C)cc(C)n2n1. The van der Waals surface area contributed by atoms with Crippen molar-refractivity contribution in [3.63, 3.8) is 0 Å². The summed E-state index contributed by atoms with van der Waals surface area (Å²) in [6.07, 6.45) is -3.31. The number of hydrogen-bond donors (Lipinski definition) is 0. The molecule has 9 heteroatoms. The summed E-state index contributed by atoms with van der Waals surface area (Å²) in [6.45, 7) is 4.06. The molecule has 0 aliphatic heterocycles. The molecule has 2 heterocycles. The minimum absolute atomic E-state index is 0.00976. The van der Waals surface area contributed by atoms with Gasteiger partial charge in [0.2, 0.25) is 5.82 Å². The van der Waals surface area contributed by atoms with E-state index in [9.17, 15) is 18.0 Å². The number of carbonyl (C=O) groups excluding carboxylic acids is 1. The molecule has 2 aromatic heterocycles. The first-order valence-electron chi connectivity index (χ1n) is 7.28. The van der Waals surface area contributed by atoms with E-state index in [0.717, 1.165) is 4.90 Å². The summed E-state index contributed by atoms with van der Waals surface area (Å²) in [5.74, 6) is -0.904. The fourth-order valence-electron chi connectivity index (χ4n) is 2.22. The predicted octanol–water partition coefficient (Wildman–Crippen LogP) is 2.55. The first-order chi connectivity index (χ1) is 10.7. The third-order valence-electron chi connectivity index (χ3n) is 3.25. The van der Waals surface area contributed by atoms with Crippen LogP contribution in [0.5, 0.6) is 0 Å². The van der Waals surface area contributed by atoms with Gasteiger partial charge in [0, 0.05) is 17.9 Å². The van der Waals surface area contributed by atoms with Gasteiger partial charge < -0.3 is 4.90 Å². The second-order valence-corrected chi connectivity index (χ2v) is 5.38. The minimum Gasteiger partial charge on any atom is -0.327 e. The Morgan fingerprint density at radius 1 is 1.30 bits per heavy atom. The molecule has 2 aromatic rings. The van der Waals surface area contributed by atoms with Crippen LogP contribution < -0.4 is 0 Å². The molecule has 6 nitrogen and oxygen atoms in total. The minimum atomic E-state index is -4.46. The van der Waals surface area contributed by atoms with Gasteiger partial charge in [-0.05, 0) is 26.3 Å². The lowest BCUT2D eigenvalue weighted by molar-refractivity contribution is -0.140. The highest BCUT2D eigenvalue weighted by Gasteiger charge is 2.34. The van der Waals surface area contributed by atoms with Crippen molar-refractivity contribution in [3.05, 3.63) is 23.3 Å². The molecule has 0 atom stereocenters. The molecular formula is C14H18F3N5O. The fraction of sp³-hybridized carbons (Fsp3) is 0.571. The van der Waals surface area contributed by atoms with Crippen molar-refractivity contribution in [1.29, 1.82) is 0 Å². The van der Waals surface area contributed by atoms with Crippen molar-refractivity contribution in [2.75, 3.05) is 13.1 Å². The second-order valence-electron chi connectivity index (χ2n) is 5.38. The summed E-state index contributed by atoms with van der Waals surface area (Å²) < 4.78 is 39.4. The van der Waals surface area contributed by atoms with Gasteiger partial charge in [0.1, 0.15) is 6.54 Å². The lowest BCUT2D eigenvalue weighted by Gasteiger charge is -2.22. The molecule has 0 saturated carbocycles. The van der Waals surface area contributed by atoms with Crippen molar-refractivity contribution in [1.82, 2.24) is 24.5 Å². The molecular weight excluding hydrogens is 311 g/mol. The predicted molar refractivity (Wildman–Crippen MR) is 77.1 cm³/mol. The van der Waals surface area contributed by atoms with E-state index in [2.05, 4.69) is 15.1 Å². The van der Waals surface area contributed by atoms with Crippen molar-refractivity contribution < 1.29 is 18.0 Å². The Morgan fingerprint density at radius 3 is 2.61 bits per heavy atom. The summed E-state index contributed by atoms with van der Waals surface area (Å²) in [4.78, 5) is 21.2.